The SMILES string of the molecule is CC1CC1NCCS(=O)(=O)C(C)(C)C. The quantitative estimate of drug-likeness (QED) is 0.773. The normalized spacial score (nSPS) is 27.7. The van der Waals surface area contributed by atoms with Crippen molar-refractivity contribution in [1.82, 2.24) is 5.32 Å². The lowest BCUT2D eigenvalue weighted by Crippen LogP contribution is -2.35. The summed E-state index contributed by atoms with van der Waals surface area (Å²) in [7, 11) is -2.95. The Morgan fingerprint density at radius 2 is 1.86 bits per heavy atom. The van der Waals surface area contributed by atoms with Crippen LogP contribution in [0.3, 0.4) is 0 Å². The Bertz CT molecular complexity index is 290. The van der Waals surface area contributed by atoms with E-state index >= 15 is 0 Å². The van der Waals surface area contributed by atoms with Crippen LogP contribution in [0.1, 0.15) is 34.1 Å². The second-order valence-corrected chi connectivity index (χ2v) is 8.07. The van der Waals surface area contributed by atoms with Crippen molar-refractivity contribution in [1.29, 1.82) is 0 Å². The Kier molecular flexibility index (Phi) is 3.26. The van der Waals surface area contributed by atoms with Crippen molar-refractivity contribution in [3.05, 3.63) is 0 Å². The zero-order valence-electron chi connectivity index (χ0n) is 9.50. The monoisotopic (exact) mass is 219 g/mol. The van der Waals surface area contributed by atoms with Crippen molar-refractivity contribution >= 4 is 9.84 Å². The standard InChI is InChI=1S/C10H21NO2S/c1-8-7-9(8)11-5-6-14(12,13)10(2,3)4/h8-9,11H,5-7H2,1-4H3. The first-order valence-corrected chi connectivity index (χ1v) is 6.85. The summed E-state index contributed by atoms with van der Waals surface area (Å²) < 4.78 is 22.8. The van der Waals surface area contributed by atoms with Gasteiger partial charge in [0.05, 0.1) is 10.5 Å². The zero-order valence-corrected chi connectivity index (χ0v) is 10.3. The molecule has 1 saturated carbocycles. The molecule has 1 aliphatic carbocycles. The fourth-order valence-electron chi connectivity index (χ4n) is 1.29. The molecular formula is C10H21NO2S. The van der Waals surface area contributed by atoms with Crippen LogP contribution in [-0.4, -0.2) is 31.5 Å². The van der Waals surface area contributed by atoms with E-state index in [0.717, 1.165) is 5.92 Å². The highest BCUT2D eigenvalue weighted by molar-refractivity contribution is 7.92. The fraction of sp³-hybridized carbons (Fsp3) is 1.00. The Morgan fingerprint density at radius 1 is 1.36 bits per heavy atom. The van der Waals surface area contributed by atoms with Crippen molar-refractivity contribution in [3.63, 3.8) is 0 Å². The van der Waals surface area contributed by atoms with E-state index in [2.05, 4.69) is 12.2 Å². The Hall–Kier alpha value is -0.0900. The summed E-state index contributed by atoms with van der Waals surface area (Å²) in [5.74, 6) is 0.979. The largest absolute Gasteiger partial charge is 0.313 e. The van der Waals surface area contributed by atoms with Gasteiger partial charge in [-0.15, -0.1) is 0 Å². The van der Waals surface area contributed by atoms with Gasteiger partial charge in [0.25, 0.3) is 0 Å². The molecule has 0 aliphatic heterocycles. The van der Waals surface area contributed by atoms with Gasteiger partial charge in [-0.2, -0.15) is 0 Å². The van der Waals surface area contributed by atoms with E-state index in [1.165, 1.54) is 6.42 Å². The first-order valence-electron chi connectivity index (χ1n) is 5.20. The van der Waals surface area contributed by atoms with Crippen LogP contribution in [0.2, 0.25) is 0 Å². The summed E-state index contributed by atoms with van der Waals surface area (Å²) in [5.41, 5.74) is 0. The molecule has 2 atom stereocenters. The molecule has 0 aromatic heterocycles. The molecule has 1 fully saturated rings. The van der Waals surface area contributed by atoms with Gasteiger partial charge in [0.1, 0.15) is 0 Å². The van der Waals surface area contributed by atoms with Gasteiger partial charge in [0.15, 0.2) is 9.84 Å². The second-order valence-electron chi connectivity index (χ2n) is 5.20. The van der Waals surface area contributed by atoms with E-state index in [1.807, 2.05) is 0 Å². The molecule has 0 bridgehead atoms. The van der Waals surface area contributed by atoms with Crippen LogP contribution in [0.15, 0.2) is 0 Å². The molecule has 84 valence electrons. The molecule has 1 N–H and O–H groups in total. The third-order valence-corrected chi connectivity index (χ3v) is 5.43. The fourth-order valence-corrected chi connectivity index (χ4v) is 2.29. The molecule has 14 heavy (non-hydrogen) atoms. The third-order valence-electron chi connectivity index (χ3n) is 2.82. The minimum absolute atomic E-state index is 0.250. The number of sulfone groups is 1. The average Bonchev–Trinajstić information content (AvgIpc) is 2.63. The summed E-state index contributed by atoms with van der Waals surface area (Å²) in [6.07, 6.45) is 1.19. The van der Waals surface area contributed by atoms with E-state index in [4.69, 9.17) is 0 Å². The van der Waals surface area contributed by atoms with Gasteiger partial charge in [-0.1, -0.05) is 6.92 Å². The first-order chi connectivity index (χ1) is 6.24. The molecule has 2 unspecified atom stereocenters. The summed E-state index contributed by atoms with van der Waals surface area (Å²) in [5, 5.41) is 3.26. The van der Waals surface area contributed by atoms with Crippen molar-refractivity contribution in [2.24, 2.45) is 5.92 Å². The van der Waals surface area contributed by atoms with Crippen molar-refractivity contribution in [2.75, 3.05) is 12.3 Å². The van der Waals surface area contributed by atoms with E-state index in [1.54, 1.807) is 20.8 Å². The van der Waals surface area contributed by atoms with E-state index in [-0.39, 0.29) is 5.75 Å². The van der Waals surface area contributed by atoms with Gasteiger partial charge in [0.2, 0.25) is 0 Å². The predicted octanol–water partition coefficient (Wildman–Crippen LogP) is 1.20. The first kappa shape index (κ1) is 12.0. The molecule has 1 rings (SSSR count). The maximum Gasteiger partial charge on any atom is 0.156 e. The molecule has 0 radical (unpaired) electrons. The topological polar surface area (TPSA) is 46.2 Å². The number of hydrogen-bond acceptors (Lipinski definition) is 3. The average molecular weight is 219 g/mol. The molecule has 0 spiro atoms. The maximum absolute atomic E-state index is 11.7. The summed E-state index contributed by atoms with van der Waals surface area (Å²) in [4.78, 5) is 0. The van der Waals surface area contributed by atoms with Crippen molar-refractivity contribution < 1.29 is 8.42 Å². The van der Waals surface area contributed by atoms with E-state index in [0.29, 0.717) is 12.6 Å². The van der Waals surface area contributed by atoms with Crippen LogP contribution >= 0.6 is 0 Å². The highest BCUT2D eigenvalue weighted by Crippen LogP contribution is 2.28. The zero-order chi connectivity index (χ0) is 11.0. The summed E-state index contributed by atoms with van der Waals surface area (Å²) in [6, 6.07) is 0.560. The lowest BCUT2D eigenvalue weighted by atomic mass is 10.3. The number of rotatable bonds is 4. The lowest BCUT2D eigenvalue weighted by Gasteiger charge is -2.19. The Morgan fingerprint density at radius 3 is 2.21 bits per heavy atom. The molecule has 0 saturated heterocycles. The van der Waals surface area contributed by atoms with Crippen LogP contribution in [-0.2, 0) is 9.84 Å². The van der Waals surface area contributed by atoms with Crippen LogP contribution in [0.5, 0.6) is 0 Å². The minimum Gasteiger partial charge on any atom is -0.313 e. The van der Waals surface area contributed by atoms with Gasteiger partial charge in [-0.25, -0.2) is 8.42 Å². The molecule has 4 heteroatoms. The molecular weight excluding hydrogens is 198 g/mol. The number of hydrogen-bond donors (Lipinski definition) is 1. The molecule has 0 aromatic carbocycles. The van der Waals surface area contributed by atoms with Gasteiger partial charge < -0.3 is 5.32 Å². The van der Waals surface area contributed by atoms with E-state index in [9.17, 15) is 8.42 Å². The van der Waals surface area contributed by atoms with Gasteiger partial charge in [-0.05, 0) is 33.1 Å². The summed E-state index contributed by atoms with van der Waals surface area (Å²) in [6.45, 7) is 8.02. The minimum atomic E-state index is -2.95. The van der Waals surface area contributed by atoms with Gasteiger partial charge in [0, 0.05) is 12.6 Å². The number of nitrogens with one attached hydrogen (secondary N) is 1. The molecule has 0 aromatic rings. The van der Waals surface area contributed by atoms with Crippen LogP contribution in [0.25, 0.3) is 0 Å². The Labute approximate surface area is 87.2 Å². The molecule has 0 amide bonds. The van der Waals surface area contributed by atoms with Crippen LogP contribution in [0, 0.1) is 5.92 Å². The maximum atomic E-state index is 11.7. The Balaban J connectivity index is 2.30. The van der Waals surface area contributed by atoms with Crippen LogP contribution < -0.4 is 5.32 Å². The molecule has 3 nitrogen and oxygen atoms in total. The smallest absolute Gasteiger partial charge is 0.156 e. The molecule has 0 heterocycles. The predicted molar refractivity (Wildman–Crippen MR) is 59.1 cm³/mol. The lowest BCUT2D eigenvalue weighted by molar-refractivity contribution is 0.554. The molecule has 1 aliphatic rings. The second kappa shape index (κ2) is 3.81. The highest BCUT2D eigenvalue weighted by Gasteiger charge is 2.33. The van der Waals surface area contributed by atoms with Crippen molar-refractivity contribution in [3.8, 4) is 0 Å². The van der Waals surface area contributed by atoms with Crippen molar-refractivity contribution in [2.45, 2.75) is 44.9 Å². The third kappa shape index (κ3) is 2.95. The van der Waals surface area contributed by atoms with Crippen LogP contribution in [0.4, 0.5) is 0 Å². The van der Waals surface area contributed by atoms with Gasteiger partial charge >= 0.3 is 0 Å². The van der Waals surface area contributed by atoms with Gasteiger partial charge in [-0.3, -0.25) is 0 Å². The highest BCUT2D eigenvalue weighted by atomic mass is 32.2. The van der Waals surface area contributed by atoms with E-state index < -0.39 is 14.6 Å². The summed E-state index contributed by atoms with van der Waals surface area (Å²) >= 11 is 0.